The molecule has 1 aromatic carbocycles. The first-order valence-corrected chi connectivity index (χ1v) is 5.01. The second-order valence-corrected chi connectivity index (χ2v) is 3.58. The quantitative estimate of drug-likeness (QED) is 0.799. The number of hydrogen-bond acceptors (Lipinski definition) is 1. The topological polar surface area (TPSA) is 20.2 Å². The van der Waals surface area contributed by atoms with Crippen LogP contribution in [0, 0.1) is 0 Å². The van der Waals surface area contributed by atoms with Gasteiger partial charge in [-0.05, 0) is 29.7 Å². The lowest BCUT2D eigenvalue weighted by atomic mass is 9.97. The van der Waals surface area contributed by atoms with Gasteiger partial charge in [0.15, 0.2) is 0 Å². The molecule has 1 unspecified atom stereocenters. The van der Waals surface area contributed by atoms with E-state index in [9.17, 15) is 18.3 Å². The first kappa shape index (κ1) is 13.5. The first-order valence-electron chi connectivity index (χ1n) is 5.01. The molecule has 0 fully saturated rings. The number of hydrogen-bond donors (Lipinski definition) is 1. The van der Waals surface area contributed by atoms with E-state index in [-0.39, 0.29) is 6.42 Å². The Morgan fingerprint density at radius 3 is 2.41 bits per heavy atom. The molecule has 1 N–H and O–H groups in total. The van der Waals surface area contributed by atoms with E-state index >= 15 is 0 Å². The Balaban J connectivity index is 3.26. The second kappa shape index (κ2) is 5.19. The van der Waals surface area contributed by atoms with Gasteiger partial charge in [-0.3, -0.25) is 0 Å². The summed E-state index contributed by atoms with van der Waals surface area (Å²) in [5.74, 6) is 0. The van der Waals surface area contributed by atoms with Crippen LogP contribution in [0.4, 0.5) is 13.2 Å². The van der Waals surface area contributed by atoms with Gasteiger partial charge in [0.2, 0.25) is 0 Å². The third-order valence-electron chi connectivity index (χ3n) is 2.38. The lowest BCUT2D eigenvalue weighted by Gasteiger charge is -2.14. The normalized spacial score (nSPS) is 13.2. The van der Waals surface area contributed by atoms with Crippen LogP contribution in [0.3, 0.4) is 0 Å². The number of benzene rings is 1. The van der Waals surface area contributed by atoms with Crippen molar-refractivity contribution >= 4 is 0 Å². The van der Waals surface area contributed by atoms with E-state index in [0.29, 0.717) is 11.1 Å². The molecule has 0 aliphatic rings. The molecule has 92 valence electrons. The molecule has 0 saturated heterocycles. The van der Waals surface area contributed by atoms with Crippen LogP contribution >= 0.6 is 0 Å². The Kier molecular flexibility index (Phi) is 4.12. The van der Waals surface area contributed by atoms with E-state index in [1.54, 1.807) is 0 Å². The number of aliphatic hydroxyl groups excluding tert-OH is 1. The van der Waals surface area contributed by atoms with Gasteiger partial charge in [-0.25, -0.2) is 0 Å². The van der Waals surface area contributed by atoms with Gasteiger partial charge in [0.05, 0.1) is 11.7 Å². The molecule has 0 amide bonds. The summed E-state index contributed by atoms with van der Waals surface area (Å²) < 4.78 is 37.5. The molecular weight excluding hydrogens is 229 g/mol. The Labute approximate surface area is 97.9 Å². The van der Waals surface area contributed by atoms with Gasteiger partial charge in [-0.15, -0.1) is 13.2 Å². The SMILES string of the molecule is C=CCc1cc(C(F)(F)F)ccc1C(O)C=C. The molecule has 1 nitrogen and oxygen atoms in total. The molecule has 0 saturated carbocycles. The summed E-state index contributed by atoms with van der Waals surface area (Å²) in [6.45, 7) is 6.90. The first-order chi connectivity index (χ1) is 7.90. The molecule has 0 radical (unpaired) electrons. The summed E-state index contributed by atoms with van der Waals surface area (Å²) in [5, 5.41) is 9.60. The number of halogens is 3. The van der Waals surface area contributed by atoms with Crippen LogP contribution < -0.4 is 0 Å². The van der Waals surface area contributed by atoms with Crippen LogP contribution in [0.15, 0.2) is 43.5 Å². The zero-order valence-corrected chi connectivity index (χ0v) is 9.17. The highest BCUT2D eigenvalue weighted by Gasteiger charge is 2.31. The minimum atomic E-state index is -4.38. The third-order valence-corrected chi connectivity index (χ3v) is 2.38. The van der Waals surface area contributed by atoms with Crippen molar-refractivity contribution in [1.29, 1.82) is 0 Å². The van der Waals surface area contributed by atoms with Gasteiger partial charge in [-0.1, -0.05) is 18.2 Å². The van der Waals surface area contributed by atoms with Crippen LogP contribution in [-0.2, 0) is 12.6 Å². The number of allylic oxidation sites excluding steroid dienone is 1. The van der Waals surface area contributed by atoms with Crippen LogP contribution in [0.5, 0.6) is 0 Å². The predicted molar refractivity (Wildman–Crippen MR) is 60.5 cm³/mol. The summed E-state index contributed by atoms with van der Waals surface area (Å²) in [6.07, 6.45) is -2.31. The Morgan fingerprint density at radius 1 is 1.29 bits per heavy atom. The molecular formula is C13H13F3O. The van der Waals surface area contributed by atoms with Gasteiger partial charge in [0, 0.05) is 0 Å². The molecule has 0 bridgehead atoms. The minimum Gasteiger partial charge on any atom is -0.384 e. The average Bonchev–Trinajstić information content (AvgIpc) is 2.27. The highest BCUT2D eigenvalue weighted by Crippen LogP contribution is 2.32. The molecule has 0 aromatic heterocycles. The van der Waals surface area contributed by atoms with Gasteiger partial charge in [-0.2, -0.15) is 13.2 Å². The Hall–Kier alpha value is -1.55. The van der Waals surface area contributed by atoms with Crippen molar-refractivity contribution in [1.82, 2.24) is 0 Å². The van der Waals surface area contributed by atoms with Gasteiger partial charge in [0.1, 0.15) is 0 Å². The van der Waals surface area contributed by atoms with E-state index in [2.05, 4.69) is 13.2 Å². The number of alkyl halides is 3. The summed E-state index contributed by atoms with van der Waals surface area (Å²) in [5.41, 5.74) is 0.101. The van der Waals surface area contributed by atoms with Crippen molar-refractivity contribution in [3.8, 4) is 0 Å². The largest absolute Gasteiger partial charge is 0.416 e. The van der Waals surface area contributed by atoms with Crippen LogP contribution in [-0.4, -0.2) is 5.11 Å². The van der Waals surface area contributed by atoms with Gasteiger partial charge < -0.3 is 5.11 Å². The third kappa shape index (κ3) is 3.20. The maximum absolute atomic E-state index is 12.5. The monoisotopic (exact) mass is 242 g/mol. The fourth-order valence-electron chi connectivity index (χ4n) is 1.53. The van der Waals surface area contributed by atoms with Crippen molar-refractivity contribution in [2.45, 2.75) is 18.7 Å². The lowest BCUT2D eigenvalue weighted by Crippen LogP contribution is -2.08. The van der Waals surface area contributed by atoms with Crippen LogP contribution in [0.1, 0.15) is 22.8 Å². The lowest BCUT2D eigenvalue weighted by molar-refractivity contribution is -0.137. The summed E-state index contributed by atoms with van der Waals surface area (Å²) in [4.78, 5) is 0. The van der Waals surface area contributed by atoms with Crippen molar-refractivity contribution in [2.75, 3.05) is 0 Å². The Morgan fingerprint density at radius 2 is 1.94 bits per heavy atom. The maximum Gasteiger partial charge on any atom is 0.416 e. The molecule has 1 rings (SSSR count). The minimum absolute atomic E-state index is 0.268. The molecule has 0 aliphatic heterocycles. The highest BCUT2D eigenvalue weighted by molar-refractivity contribution is 5.37. The number of rotatable bonds is 4. The number of aliphatic hydroxyl groups is 1. The fraction of sp³-hybridized carbons (Fsp3) is 0.231. The highest BCUT2D eigenvalue weighted by atomic mass is 19.4. The van der Waals surface area contributed by atoms with Crippen molar-refractivity contribution in [3.05, 3.63) is 60.2 Å². The fourth-order valence-corrected chi connectivity index (χ4v) is 1.53. The molecule has 1 atom stereocenters. The van der Waals surface area contributed by atoms with E-state index in [4.69, 9.17) is 0 Å². The van der Waals surface area contributed by atoms with Crippen LogP contribution in [0.2, 0.25) is 0 Å². The zero-order valence-electron chi connectivity index (χ0n) is 9.17. The van der Waals surface area contributed by atoms with E-state index in [1.807, 2.05) is 0 Å². The summed E-state index contributed by atoms with van der Waals surface area (Å²) in [6, 6.07) is 3.26. The van der Waals surface area contributed by atoms with Gasteiger partial charge >= 0.3 is 6.18 Å². The van der Waals surface area contributed by atoms with Crippen molar-refractivity contribution in [3.63, 3.8) is 0 Å². The average molecular weight is 242 g/mol. The van der Waals surface area contributed by atoms with Crippen molar-refractivity contribution < 1.29 is 18.3 Å². The zero-order chi connectivity index (χ0) is 13.1. The van der Waals surface area contributed by atoms with Gasteiger partial charge in [0.25, 0.3) is 0 Å². The van der Waals surface area contributed by atoms with Crippen LogP contribution in [0.25, 0.3) is 0 Å². The standard InChI is InChI=1S/C13H13F3O/c1-3-5-9-8-10(13(14,15)16)6-7-11(9)12(17)4-2/h3-4,6-8,12,17H,1-2,5H2. The Bertz CT molecular complexity index is 421. The molecule has 4 heteroatoms. The summed E-state index contributed by atoms with van der Waals surface area (Å²) in [7, 11) is 0. The molecule has 0 aliphatic carbocycles. The predicted octanol–water partition coefficient (Wildman–Crippen LogP) is 3.65. The van der Waals surface area contributed by atoms with E-state index < -0.39 is 17.8 Å². The maximum atomic E-state index is 12.5. The van der Waals surface area contributed by atoms with E-state index in [0.717, 1.165) is 12.1 Å². The second-order valence-electron chi connectivity index (χ2n) is 3.58. The van der Waals surface area contributed by atoms with E-state index in [1.165, 1.54) is 18.2 Å². The molecule has 17 heavy (non-hydrogen) atoms. The van der Waals surface area contributed by atoms with Crippen molar-refractivity contribution in [2.24, 2.45) is 0 Å². The molecule has 0 spiro atoms. The summed E-state index contributed by atoms with van der Waals surface area (Å²) >= 11 is 0. The molecule has 1 aromatic rings. The smallest absolute Gasteiger partial charge is 0.384 e. The molecule has 0 heterocycles.